The highest BCUT2D eigenvalue weighted by Crippen LogP contribution is 2.30. The Balaban J connectivity index is 1.80. The maximum Gasteiger partial charge on any atom is 0.416 e. The second-order valence-corrected chi connectivity index (χ2v) is 6.58. The summed E-state index contributed by atoms with van der Waals surface area (Å²) in [6.07, 6.45) is -3.14. The van der Waals surface area contributed by atoms with Gasteiger partial charge in [0.1, 0.15) is 6.07 Å². The van der Waals surface area contributed by atoms with Gasteiger partial charge < -0.3 is 10.9 Å². The number of imidazole rings is 1. The summed E-state index contributed by atoms with van der Waals surface area (Å²) in [4.78, 5) is 17.5. The Morgan fingerprint density at radius 1 is 1.17 bits per heavy atom. The number of nitrogens with zero attached hydrogens (tertiary/aromatic N) is 3. The van der Waals surface area contributed by atoms with E-state index in [-0.39, 0.29) is 22.1 Å². The Morgan fingerprint density at radius 2 is 1.93 bits per heavy atom. The lowest BCUT2D eigenvalue weighted by Gasteiger charge is -2.10. The lowest BCUT2D eigenvalue weighted by atomic mass is 10.1. The third-order valence-corrected chi connectivity index (χ3v) is 4.73. The molecule has 2 heterocycles. The van der Waals surface area contributed by atoms with Gasteiger partial charge in [-0.15, -0.1) is 0 Å². The minimum atomic E-state index is -4.46. The van der Waals surface area contributed by atoms with Gasteiger partial charge in [0.15, 0.2) is 5.65 Å². The smallest absolute Gasteiger partial charge is 0.307 e. The van der Waals surface area contributed by atoms with E-state index in [1.165, 1.54) is 22.7 Å². The van der Waals surface area contributed by atoms with Crippen molar-refractivity contribution in [1.82, 2.24) is 14.8 Å². The predicted octanol–water partition coefficient (Wildman–Crippen LogP) is 3.12. The van der Waals surface area contributed by atoms with Crippen LogP contribution in [0.2, 0.25) is 0 Å². The minimum Gasteiger partial charge on any atom is -0.307 e. The van der Waals surface area contributed by atoms with E-state index < -0.39 is 17.3 Å². The second kappa shape index (κ2) is 7.08. The summed E-state index contributed by atoms with van der Waals surface area (Å²) in [5, 5.41) is 9.80. The largest absolute Gasteiger partial charge is 0.416 e. The highest BCUT2D eigenvalue weighted by molar-refractivity contribution is 5.82. The number of pyridine rings is 1. The fraction of sp³-hybridized carbons (Fsp3) is 0.0952. The van der Waals surface area contributed by atoms with E-state index in [1.54, 1.807) is 31.2 Å². The molecule has 0 fully saturated rings. The zero-order chi connectivity index (χ0) is 21.5. The van der Waals surface area contributed by atoms with Gasteiger partial charge in [-0.3, -0.25) is 9.20 Å². The maximum atomic E-state index is 13.1. The number of nitriles is 1. The Labute approximate surface area is 167 Å². The molecule has 2 N–H and O–H groups in total. The standard InChI is InChI=1S/C21H14F3N5O/c1-12-15(10-25)19-27-17-7-2-3-8-18(17)29(19)20(30)16(12)11-26-28-14-6-4-5-13(9-14)21(22,23)24/h2-9,11,26,28H,1H3/b16-11+. The van der Waals surface area contributed by atoms with Crippen LogP contribution in [-0.2, 0) is 6.18 Å². The average molecular weight is 409 g/mol. The average Bonchev–Trinajstić information content (AvgIpc) is 3.10. The third kappa shape index (κ3) is 3.18. The maximum absolute atomic E-state index is 13.1. The van der Waals surface area contributed by atoms with Crippen molar-refractivity contribution >= 4 is 28.6 Å². The minimum absolute atomic E-state index is 0.167. The van der Waals surface area contributed by atoms with Crippen molar-refractivity contribution in [2.24, 2.45) is 0 Å². The van der Waals surface area contributed by atoms with Crippen molar-refractivity contribution < 1.29 is 13.2 Å². The van der Waals surface area contributed by atoms with Gasteiger partial charge in [-0.25, -0.2) is 4.98 Å². The highest BCUT2D eigenvalue weighted by Gasteiger charge is 2.30. The molecule has 0 saturated carbocycles. The van der Waals surface area contributed by atoms with E-state index in [4.69, 9.17) is 0 Å². The molecule has 0 bridgehead atoms. The summed E-state index contributed by atoms with van der Waals surface area (Å²) in [5.41, 5.74) is 6.33. The predicted molar refractivity (Wildman–Crippen MR) is 106 cm³/mol. The molecule has 0 aliphatic heterocycles. The van der Waals surface area contributed by atoms with Crippen molar-refractivity contribution in [2.45, 2.75) is 13.1 Å². The lowest BCUT2D eigenvalue weighted by molar-refractivity contribution is -0.137. The van der Waals surface area contributed by atoms with Crippen LogP contribution >= 0.6 is 0 Å². The molecule has 150 valence electrons. The van der Waals surface area contributed by atoms with Crippen molar-refractivity contribution in [3.8, 4) is 6.07 Å². The topological polar surface area (TPSA) is 82.2 Å². The number of alkyl halides is 3. The van der Waals surface area contributed by atoms with Crippen molar-refractivity contribution in [3.05, 3.63) is 80.8 Å². The van der Waals surface area contributed by atoms with Crippen LogP contribution in [0, 0.1) is 18.3 Å². The van der Waals surface area contributed by atoms with E-state index >= 15 is 0 Å². The normalized spacial score (nSPS) is 12.3. The molecule has 0 aliphatic carbocycles. The van der Waals surface area contributed by atoms with E-state index in [1.807, 2.05) is 0 Å². The Kier molecular flexibility index (Phi) is 4.54. The molecule has 6 nitrogen and oxygen atoms in total. The molecule has 30 heavy (non-hydrogen) atoms. The van der Waals surface area contributed by atoms with Crippen LogP contribution in [0.25, 0.3) is 22.9 Å². The van der Waals surface area contributed by atoms with Crippen LogP contribution < -0.4 is 21.6 Å². The number of fused-ring (bicyclic) bond motifs is 3. The van der Waals surface area contributed by atoms with E-state index in [2.05, 4.69) is 21.9 Å². The van der Waals surface area contributed by atoms with Gasteiger partial charge in [0.2, 0.25) is 0 Å². The van der Waals surface area contributed by atoms with Gasteiger partial charge in [0.05, 0.1) is 33.1 Å². The number of aromatic nitrogens is 2. The molecule has 0 atom stereocenters. The molecular formula is C21H14F3N5O. The Hall–Kier alpha value is -4.06. The van der Waals surface area contributed by atoms with E-state index in [9.17, 15) is 23.2 Å². The molecule has 9 heteroatoms. The molecular weight excluding hydrogens is 395 g/mol. The number of halogens is 3. The summed E-state index contributed by atoms with van der Waals surface area (Å²) in [6, 6.07) is 13.7. The molecule has 4 rings (SSSR count). The van der Waals surface area contributed by atoms with Gasteiger partial charge in [0.25, 0.3) is 5.56 Å². The van der Waals surface area contributed by atoms with Crippen LogP contribution in [0.15, 0.2) is 53.3 Å². The summed E-state index contributed by atoms with van der Waals surface area (Å²) in [6.45, 7) is 1.62. The van der Waals surface area contributed by atoms with E-state index in [0.29, 0.717) is 16.6 Å². The number of para-hydroxylation sites is 2. The van der Waals surface area contributed by atoms with E-state index in [0.717, 1.165) is 12.1 Å². The Bertz CT molecular complexity index is 1430. The molecule has 0 unspecified atom stereocenters. The van der Waals surface area contributed by atoms with Gasteiger partial charge >= 0.3 is 6.18 Å². The van der Waals surface area contributed by atoms with Crippen molar-refractivity contribution in [2.75, 3.05) is 5.43 Å². The monoisotopic (exact) mass is 409 g/mol. The van der Waals surface area contributed by atoms with Gasteiger partial charge in [0, 0.05) is 6.20 Å². The molecule has 4 aromatic rings. The number of rotatable bonds is 3. The number of anilines is 1. The van der Waals surface area contributed by atoms with Gasteiger partial charge in [-0.1, -0.05) is 18.2 Å². The molecule has 0 saturated heterocycles. The number of hydrazine groups is 1. The van der Waals surface area contributed by atoms with Crippen molar-refractivity contribution in [1.29, 1.82) is 5.26 Å². The lowest BCUT2D eigenvalue weighted by Crippen LogP contribution is -2.36. The fourth-order valence-electron chi connectivity index (χ4n) is 3.25. The van der Waals surface area contributed by atoms with Crippen LogP contribution in [-0.4, -0.2) is 9.38 Å². The number of benzene rings is 2. The number of nitrogens with one attached hydrogen (secondary N) is 2. The van der Waals surface area contributed by atoms with Crippen LogP contribution in [0.1, 0.15) is 16.7 Å². The van der Waals surface area contributed by atoms with Crippen molar-refractivity contribution in [3.63, 3.8) is 0 Å². The summed E-state index contributed by atoms with van der Waals surface area (Å²) in [5.74, 6) is 0. The molecule has 0 spiro atoms. The second-order valence-electron chi connectivity index (χ2n) is 6.58. The number of hydrogen-bond donors (Lipinski definition) is 2. The number of hydrogen-bond acceptors (Lipinski definition) is 5. The fourth-order valence-corrected chi connectivity index (χ4v) is 3.25. The summed E-state index contributed by atoms with van der Waals surface area (Å²) in [7, 11) is 0. The third-order valence-electron chi connectivity index (χ3n) is 4.73. The first-order valence-electron chi connectivity index (χ1n) is 8.84. The molecule has 2 aromatic carbocycles. The molecule has 2 aromatic heterocycles. The first kappa shape index (κ1) is 19.3. The first-order valence-corrected chi connectivity index (χ1v) is 8.84. The summed E-state index contributed by atoms with van der Waals surface area (Å²) >= 11 is 0. The SMILES string of the molecule is Cc1c(C#N)c2nc3ccccc3n2c(=O)/c1=C/NNc1cccc(C(F)(F)F)c1. The molecule has 0 amide bonds. The first-order chi connectivity index (χ1) is 14.3. The molecule has 0 radical (unpaired) electrons. The Morgan fingerprint density at radius 3 is 2.67 bits per heavy atom. The zero-order valence-corrected chi connectivity index (χ0v) is 15.6. The van der Waals surface area contributed by atoms with Crippen LogP contribution in [0.5, 0.6) is 0 Å². The van der Waals surface area contributed by atoms with Gasteiger partial charge in [-0.2, -0.15) is 18.4 Å². The summed E-state index contributed by atoms with van der Waals surface area (Å²) < 4.78 is 39.9. The highest BCUT2D eigenvalue weighted by atomic mass is 19.4. The van der Waals surface area contributed by atoms with Crippen LogP contribution in [0.4, 0.5) is 18.9 Å². The molecule has 0 aliphatic rings. The zero-order valence-electron chi connectivity index (χ0n) is 15.6. The van der Waals surface area contributed by atoms with Gasteiger partial charge in [-0.05, 0) is 42.8 Å². The van der Waals surface area contributed by atoms with Crippen LogP contribution in [0.3, 0.4) is 0 Å². The quantitative estimate of drug-likeness (QED) is 0.508.